The third-order valence-corrected chi connectivity index (χ3v) is 5.12. The van der Waals surface area contributed by atoms with Gasteiger partial charge in [-0.2, -0.15) is 0 Å². The number of hydrogen-bond donors (Lipinski definition) is 3. The largest absolute Gasteiger partial charge is 0.461 e. The van der Waals surface area contributed by atoms with Crippen LogP contribution in [0.1, 0.15) is 18.4 Å². The van der Waals surface area contributed by atoms with Crippen molar-refractivity contribution in [3.63, 3.8) is 0 Å². The lowest BCUT2D eigenvalue weighted by Gasteiger charge is -2.28. The second-order valence-electron chi connectivity index (χ2n) is 6.69. The van der Waals surface area contributed by atoms with Crippen molar-refractivity contribution >= 4 is 0 Å². The lowest BCUT2D eigenvalue weighted by Crippen LogP contribution is -2.36. The molecule has 1 saturated carbocycles. The molecule has 2 heterocycles. The van der Waals surface area contributed by atoms with Crippen LogP contribution in [-0.2, 0) is 16.1 Å². The van der Waals surface area contributed by atoms with Gasteiger partial charge in [0.2, 0.25) is 6.29 Å². The summed E-state index contributed by atoms with van der Waals surface area (Å²) in [5, 5.41) is 30.1. The summed E-state index contributed by atoms with van der Waals surface area (Å²) in [7, 11) is 0. The lowest BCUT2D eigenvalue weighted by atomic mass is 9.91. The molecule has 1 aromatic carbocycles. The Morgan fingerprint density at radius 3 is 2.88 bits per heavy atom. The number of aliphatic hydroxyl groups excluding tert-OH is 3. The molecule has 24 heavy (non-hydrogen) atoms. The Morgan fingerprint density at radius 2 is 2.00 bits per heavy atom. The summed E-state index contributed by atoms with van der Waals surface area (Å²) >= 11 is 0. The minimum atomic E-state index is -0.933. The van der Waals surface area contributed by atoms with Crippen LogP contribution in [0.4, 0.5) is 0 Å². The molecule has 0 bridgehead atoms. The zero-order valence-electron chi connectivity index (χ0n) is 13.2. The molecule has 1 aliphatic carbocycles. The van der Waals surface area contributed by atoms with E-state index in [4.69, 9.17) is 14.2 Å². The van der Waals surface area contributed by atoms with Crippen molar-refractivity contribution in [2.24, 2.45) is 11.8 Å². The molecule has 3 N–H and O–H groups in total. The van der Waals surface area contributed by atoms with Crippen LogP contribution in [0.2, 0.25) is 0 Å². The van der Waals surface area contributed by atoms with Crippen molar-refractivity contribution in [3.8, 4) is 5.75 Å². The lowest BCUT2D eigenvalue weighted by molar-refractivity contribution is -0.152. The maximum Gasteiger partial charge on any atom is 0.230 e. The summed E-state index contributed by atoms with van der Waals surface area (Å²) in [5.41, 5.74) is 0.955. The van der Waals surface area contributed by atoms with E-state index in [-0.39, 0.29) is 17.9 Å². The fraction of sp³-hybridized carbons (Fsp3) is 0.556. The van der Waals surface area contributed by atoms with Crippen LogP contribution >= 0.6 is 0 Å². The predicted molar refractivity (Wildman–Crippen MR) is 83.9 cm³/mol. The van der Waals surface area contributed by atoms with Gasteiger partial charge in [0.1, 0.15) is 11.9 Å². The fourth-order valence-electron chi connectivity index (χ4n) is 3.90. The SMILES string of the molecule is OC1C[C@@H]2[C@@H](/C=C/[C@H](O)[C@H]3OCc4ccccc4O3)[C@H](O)C[C@@H]2O1. The molecule has 130 valence electrons. The van der Waals surface area contributed by atoms with Gasteiger partial charge in [0.25, 0.3) is 0 Å². The van der Waals surface area contributed by atoms with E-state index in [1.165, 1.54) is 0 Å². The Hall–Kier alpha value is -1.44. The highest BCUT2D eigenvalue weighted by molar-refractivity contribution is 5.33. The first-order valence-corrected chi connectivity index (χ1v) is 8.36. The summed E-state index contributed by atoms with van der Waals surface area (Å²) in [4.78, 5) is 0. The van der Waals surface area contributed by atoms with E-state index in [2.05, 4.69) is 0 Å². The monoisotopic (exact) mass is 334 g/mol. The molecule has 4 rings (SSSR count). The molecule has 7 atom stereocenters. The molecule has 0 aromatic heterocycles. The first-order chi connectivity index (χ1) is 11.6. The normalized spacial score (nSPS) is 39.5. The van der Waals surface area contributed by atoms with E-state index in [0.29, 0.717) is 19.4 Å². The van der Waals surface area contributed by atoms with Gasteiger partial charge in [0.05, 0.1) is 18.8 Å². The standard InChI is InChI=1S/C18H22O6/c19-13(18-22-9-10-3-1-2-4-15(10)24-18)6-5-11-12-7-17(21)23-16(12)8-14(11)20/h1-6,11-14,16-21H,7-9H2/b6-5+/t11-,12-,13+,14-,16+,17?,18+/m1/s1. The Labute approximate surface area is 140 Å². The molecule has 1 aromatic rings. The van der Waals surface area contributed by atoms with Crippen molar-refractivity contribution < 1.29 is 29.5 Å². The number of ether oxygens (including phenoxy) is 3. The van der Waals surface area contributed by atoms with E-state index < -0.39 is 24.8 Å². The van der Waals surface area contributed by atoms with Crippen LogP contribution in [0.15, 0.2) is 36.4 Å². The highest BCUT2D eigenvalue weighted by Gasteiger charge is 2.47. The van der Waals surface area contributed by atoms with E-state index in [0.717, 1.165) is 11.3 Å². The third kappa shape index (κ3) is 2.96. The second kappa shape index (κ2) is 6.46. The van der Waals surface area contributed by atoms with Gasteiger partial charge in [0, 0.05) is 24.3 Å². The first kappa shape index (κ1) is 16.1. The molecule has 0 spiro atoms. The molecule has 1 saturated heterocycles. The minimum absolute atomic E-state index is 0.0763. The highest BCUT2D eigenvalue weighted by atomic mass is 16.7. The summed E-state index contributed by atoms with van der Waals surface area (Å²) in [6.45, 7) is 0.391. The number of hydrogen-bond acceptors (Lipinski definition) is 6. The van der Waals surface area contributed by atoms with Gasteiger partial charge in [0.15, 0.2) is 6.29 Å². The molecule has 0 radical (unpaired) electrons. The van der Waals surface area contributed by atoms with Crippen LogP contribution in [0.25, 0.3) is 0 Å². The first-order valence-electron chi connectivity index (χ1n) is 8.36. The van der Waals surface area contributed by atoms with Crippen LogP contribution in [0.3, 0.4) is 0 Å². The molecular weight excluding hydrogens is 312 g/mol. The number of aliphatic hydroxyl groups is 3. The van der Waals surface area contributed by atoms with Crippen LogP contribution in [0, 0.1) is 11.8 Å². The van der Waals surface area contributed by atoms with Crippen molar-refractivity contribution in [2.45, 2.75) is 50.3 Å². The van der Waals surface area contributed by atoms with Gasteiger partial charge in [-0.1, -0.05) is 30.4 Å². The maximum atomic E-state index is 10.3. The summed E-state index contributed by atoms with van der Waals surface area (Å²) in [5.74, 6) is 0.652. The summed E-state index contributed by atoms with van der Waals surface area (Å²) in [6.07, 6.45) is 1.34. The average molecular weight is 334 g/mol. The zero-order chi connectivity index (χ0) is 16.7. The van der Waals surface area contributed by atoms with Crippen molar-refractivity contribution in [1.29, 1.82) is 0 Å². The third-order valence-electron chi connectivity index (χ3n) is 5.12. The van der Waals surface area contributed by atoms with Crippen molar-refractivity contribution in [1.82, 2.24) is 0 Å². The zero-order valence-corrected chi connectivity index (χ0v) is 13.2. The van der Waals surface area contributed by atoms with Gasteiger partial charge >= 0.3 is 0 Å². The van der Waals surface area contributed by atoms with Gasteiger partial charge in [-0.3, -0.25) is 0 Å². The molecule has 1 unspecified atom stereocenters. The van der Waals surface area contributed by atoms with Crippen molar-refractivity contribution in [2.75, 3.05) is 0 Å². The molecule has 2 fully saturated rings. The number of benzene rings is 1. The maximum absolute atomic E-state index is 10.3. The molecular formula is C18H22O6. The van der Waals surface area contributed by atoms with Gasteiger partial charge in [-0.15, -0.1) is 0 Å². The number of rotatable bonds is 3. The molecule has 6 heteroatoms. The average Bonchev–Trinajstić information content (AvgIpc) is 3.07. The van der Waals surface area contributed by atoms with Crippen LogP contribution < -0.4 is 4.74 Å². The Balaban J connectivity index is 1.41. The molecule has 0 amide bonds. The summed E-state index contributed by atoms with van der Waals surface area (Å²) < 4.78 is 16.6. The summed E-state index contributed by atoms with van der Waals surface area (Å²) in [6, 6.07) is 7.57. The van der Waals surface area contributed by atoms with Crippen LogP contribution in [0.5, 0.6) is 5.75 Å². The number of fused-ring (bicyclic) bond motifs is 2. The number of para-hydroxylation sites is 1. The Kier molecular flexibility index (Phi) is 4.32. The topological polar surface area (TPSA) is 88.4 Å². The van der Waals surface area contributed by atoms with E-state index >= 15 is 0 Å². The Morgan fingerprint density at radius 1 is 1.17 bits per heavy atom. The molecule has 6 nitrogen and oxygen atoms in total. The predicted octanol–water partition coefficient (Wildman–Crippen LogP) is 0.943. The fourth-order valence-corrected chi connectivity index (χ4v) is 3.90. The van der Waals surface area contributed by atoms with Crippen LogP contribution in [-0.4, -0.2) is 46.2 Å². The van der Waals surface area contributed by atoms with E-state index in [1.807, 2.05) is 24.3 Å². The van der Waals surface area contributed by atoms with E-state index in [9.17, 15) is 15.3 Å². The van der Waals surface area contributed by atoms with Gasteiger partial charge in [-0.25, -0.2) is 0 Å². The second-order valence-corrected chi connectivity index (χ2v) is 6.69. The van der Waals surface area contributed by atoms with E-state index in [1.54, 1.807) is 12.2 Å². The van der Waals surface area contributed by atoms with Gasteiger partial charge in [-0.05, 0) is 12.0 Å². The highest BCUT2D eigenvalue weighted by Crippen LogP contribution is 2.43. The minimum Gasteiger partial charge on any atom is -0.461 e. The Bertz CT molecular complexity index is 617. The van der Waals surface area contributed by atoms with Crippen molar-refractivity contribution in [3.05, 3.63) is 42.0 Å². The quantitative estimate of drug-likeness (QED) is 0.713. The van der Waals surface area contributed by atoms with Gasteiger partial charge < -0.3 is 29.5 Å². The molecule has 3 aliphatic rings. The molecule has 2 aliphatic heterocycles. The smallest absolute Gasteiger partial charge is 0.230 e.